The van der Waals surface area contributed by atoms with Crippen LogP contribution in [0.5, 0.6) is 6.01 Å². The van der Waals surface area contributed by atoms with Crippen LogP contribution in [-0.4, -0.2) is 40.9 Å². The number of hydrogen-bond donors (Lipinski definition) is 1. The van der Waals surface area contributed by atoms with Gasteiger partial charge in [-0.1, -0.05) is 13.3 Å². The topological polar surface area (TPSA) is 81.5 Å². The van der Waals surface area contributed by atoms with E-state index in [1.54, 1.807) is 0 Å². The lowest BCUT2D eigenvalue weighted by Crippen LogP contribution is -2.10. The smallest absolute Gasteiger partial charge is 0.354 e. The minimum Gasteiger partial charge on any atom is -0.477 e. The number of nitrogens with zero attached hydrogens (tertiary/aromatic N) is 2. The van der Waals surface area contributed by atoms with Gasteiger partial charge in [0.2, 0.25) is 0 Å². The standard InChI is InChI=1S/C11H16N2O4/c1-2-3-6-16-7-8-17-11-12-5-4-9(13-11)10(14)15/h4-5H,2-3,6-8H2,1H3,(H,14,15). The summed E-state index contributed by atoms with van der Waals surface area (Å²) in [6, 6.07) is 1.37. The normalized spacial score (nSPS) is 10.2. The molecule has 6 nitrogen and oxygen atoms in total. The molecule has 1 heterocycles. The number of carboxylic acids is 1. The summed E-state index contributed by atoms with van der Waals surface area (Å²) in [5, 5.41) is 8.71. The Bertz CT molecular complexity index is 357. The molecule has 1 aromatic rings. The zero-order valence-corrected chi connectivity index (χ0v) is 9.76. The highest BCUT2D eigenvalue weighted by Gasteiger charge is 2.06. The summed E-state index contributed by atoms with van der Waals surface area (Å²) in [6.07, 6.45) is 3.46. The molecule has 0 bridgehead atoms. The molecule has 1 aromatic heterocycles. The van der Waals surface area contributed by atoms with E-state index >= 15 is 0 Å². The van der Waals surface area contributed by atoms with Crippen LogP contribution >= 0.6 is 0 Å². The molecular formula is C11H16N2O4. The van der Waals surface area contributed by atoms with Crippen molar-refractivity contribution in [2.75, 3.05) is 19.8 Å². The van der Waals surface area contributed by atoms with Crippen LogP contribution < -0.4 is 4.74 Å². The molecule has 0 saturated carbocycles. The maximum atomic E-state index is 10.6. The van der Waals surface area contributed by atoms with E-state index in [1.165, 1.54) is 12.3 Å². The van der Waals surface area contributed by atoms with Gasteiger partial charge in [0.15, 0.2) is 5.69 Å². The van der Waals surface area contributed by atoms with E-state index in [4.69, 9.17) is 14.6 Å². The van der Waals surface area contributed by atoms with E-state index in [1.807, 2.05) is 0 Å². The quantitative estimate of drug-likeness (QED) is 0.691. The molecule has 1 N–H and O–H groups in total. The van der Waals surface area contributed by atoms with E-state index in [0.29, 0.717) is 19.8 Å². The van der Waals surface area contributed by atoms with Crippen LogP contribution in [0.15, 0.2) is 12.3 Å². The molecule has 0 saturated heterocycles. The van der Waals surface area contributed by atoms with Crippen LogP contribution in [0.2, 0.25) is 0 Å². The summed E-state index contributed by atoms with van der Waals surface area (Å²) in [4.78, 5) is 18.2. The third-order valence-electron chi connectivity index (χ3n) is 1.95. The van der Waals surface area contributed by atoms with Gasteiger partial charge in [0.1, 0.15) is 6.61 Å². The van der Waals surface area contributed by atoms with Gasteiger partial charge in [0.05, 0.1) is 6.61 Å². The Morgan fingerprint density at radius 3 is 2.94 bits per heavy atom. The first kappa shape index (κ1) is 13.4. The van der Waals surface area contributed by atoms with Gasteiger partial charge in [0, 0.05) is 12.8 Å². The fourth-order valence-electron chi connectivity index (χ4n) is 1.07. The number of carboxylic acid groups (broad SMARTS) is 1. The first-order valence-electron chi connectivity index (χ1n) is 5.51. The van der Waals surface area contributed by atoms with Gasteiger partial charge in [-0.3, -0.25) is 0 Å². The largest absolute Gasteiger partial charge is 0.477 e. The molecule has 0 radical (unpaired) electrons. The van der Waals surface area contributed by atoms with Crippen molar-refractivity contribution in [2.24, 2.45) is 0 Å². The average Bonchev–Trinajstić information content (AvgIpc) is 2.34. The number of aromatic carboxylic acids is 1. The van der Waals surface area contributed by atoms with Crippen LogP contribution in [0.3, 0.4) is 0 Å². The number of ether oxygens (including phenoxy) is 2. The third-order valence-corrected chi connectivity index (χ3v) is 1.95. The highest BCUT2D eigenvalue weighted by molar-refractivity contribution is 5.85. The highest BCUT2D eigenvalue weighted by atomic mass is 16.5. The zero-order valence-electron chi connectivity index (χ0n) is 9.76. The van der Waals surface area contributed by atoms with Gasteiger partial charge in [-0.25, -0.2) is 9.78 Å². The van der Waals surface area contributed by atoms with Crippen molar-refractivity contribution < 1.29 is 19.4 Å². The summed E-state index contributed by atoms with van der Waals surface area (Å²) in [7, 11) is 0. The Kier molecular flexibility index (Phi) is 5.95. The van der Waals surface area contributed by atoms with Gasteiger partial charge < -0.3 is 14.6 Å². The van der Waals surface area contributed by atoms with E-state index in [2.05, 4.69) is 16.9 Å². The maximum absolute atomic E-state index is 10.6. The molecule has 17 heavy (non-hydrogen) atoms. The third kappa shape index (κ3) is 5.26. The van der Waals surface area contributed by atoms with Crippen molar-refractivity contribution in [2.45, 2.75) is 19.8 Å². The molecule has 0 unspecified atom stereocenters. The number of carbonyl (C=O) groups is 1. The Hall–Kier alpha value is -1.69. The maximum Gasteiger partial charge on any atom is 0.354 e. The molecule has 0 aromatic carbocycles. The Labute approximate surface area is 99.6 Å². The fourth-order valence-corrected chi connectivity index (χ4v) is 1.07. The van der Waals surface area contributed by atoms with Gasteiger partial charge in [0.25, 0.3) is 0 Å². The molecule has 0 aliphatic rings. The summed E-state index contributed by atoms with van der Waals surface area (Å²) >= 11 is 0. The first-order valence-corrected chi connectivity index (χ1v) is 5.51. The van der Waals surface area contributed by atoms with Crippen molar-refractivity contribution in [3.05, 3.63) is 18.0 Å². The Balaban J connectivity index is 2.27. The fraction of sp³-hybridized carbons (Fsp3) is 0.545. The minimum absolute atomic E-state index is 0.0593. The van der Waals surface area contributed by atoms with Crippen LogP contribution in [0, 0.1) is 0 Å². The van der Waals surface area contributed by atoms with Crippen molar-refractivity contribution in [1.29, 1.82) is 0 Å². The molecule has 0 aliphatic carbocycles. The second-order valence-electron chi connectivity index (χ2n) is 3.34. The number of aromatic nitrogens is 2. The predicted molar refractivity (Wildman–Crippen MR) is 60.2 cm³/mol. The van der Waals surface area contributed by atoms with E-state index in [0.717, 1.165) is 12.8 Å². The van der Waals surface area contributed by atoms with Gasteiger partial charge in [-0.05, 0) is 12.5 Å². The van der Waals surface area contributed by atoms with Gasteiger partial charge in [-0.15, -0.1) is 0 Å². The van der Waals surface area contributed by atoms with Crippen molar-refractivity contribution in [3.8, 4) is 6.01 Å². The molecule has 94 valence electrons. The van der Waals surface area contributed by atoms with Crippen LogP contribution in [0.1, 0.15) is 30.3 Å². The predicted octanol–water partition coefficient (Wildman–Crippen LogP) is 1.37. The van der Waals surface area contributed by atoms with Gasteiger partial charge >= 0.3 is 12.0 Å². The SMILES string of the molecule is CCCCOCCOc1nccc(C(=O)O)n1. The summed E-state index contributed by atoms with van der Waals surface area (Å²) in [5.74, 6) is -1.10. The summed E-state index contributed by atoms with van der Waals surface area (Å²) in [5.41, 5.74) is -0.0816. The second-order valence-corrected chi connectivity index (χ2v) is 3.34. The molecule has 1 rings (SSSR count). The monoisotopic (exact) mass is 240 g/mol. The molecular weight excluding hydrogens is 224 g/mol. The lowest BCUT2D eigenvalue weighted by molar-refractivity contribution is 0.0686. The molecule has 0 fully saturated rings. The molecule has 0 aliphatic heterocycles. The Morgan fingerprint density at radius 2 is 2.24 bits per heavy atom. The van der Waals surface area contributed by atoms with Crippen molar-refractivity contribution >= 4 is 5.97 Å². The van der Waals surface area contributed by atoms with E-state index in [-0.39, 0.29) is 11.7 Å². The van der Waals surface area contributed by atoms with E-state index in [9.17, 15) is 4.79 Å². The lowest BCUT2D eigenvalue weighted by atomic mass is 10.4. The molecule has 0 atom stereocenters. The zero-order chi connectivity index (χ0) is 12.5. The number of unbranched alkanes of at least 4 members (excludes halogenated alkanes) is 1. The molecule has 6 heteroatoms. The van der Waals surface area contributed by atoms with Gasteiger partial charge in [-0.2, -0.15) is 4.98 Å². The molecule has 0 amide bonds. The summed E-state index contributed by atoms with van der Waals surface area (Å²) in [6.45, 7) is 3.55. The number of hydrogen-bond acceptors (Lipinski definition) is 5. The number of rotatable bonds is 8. The van der Waals surface area contributed by atoms with E-state index < -0.39 is 5.97 Å². The first-order chi connectivity index (χ1) is 8.24. The lowest BCUT2D eigenvalue weighted by Gasteiger charge is -2.05. The summed E-state index contributed by atoms with van der Waals surface area (Å²) < 4.78 is 10.4. The molecule has 0 spiro atoms. The van der Waals surface area contributed by atoms with Crippen LogP contribution in [0.4, 0.5) is 0 Å². The van der Waals surface area contributed by atoms with Crippen molar-refractivity contribution in [1.82, 2.24) is 9.97 Å². The Morgan fingerprint density at radius 1 is 1.41 bits per heavy atom. The highest BCUT2D eigenvalue weighted by Crippen LogP contribution is 2.02. The van der Waals surface area contributed by atoms with Crippen molar-refractivity contribution in [3.63, 3.8) is 0 Å². The average molecular weight is 240 g/mol. The second kappa shape index (κ2) is 7.56. The van der Waals surface area contributed by atoms with Crippen LogP contribution in [-0.2, 0) is 4.74 Å². The minimum atomic E-state index is -1.10. The van der Waals surface area contributed by atoms with Crippen LogP contribution in [0.25, 0.3) is 0 Å².